The van der Waals surface area contributed by atoms with Gasteiger partial charge in [0.15, 0.2) is 0 Å². The van der Waals surface area contributed by atoms with Crippen LogP contribution in [0.1, 0.15) is 23.6 Å². The lowest BCUT2D eigenvalue weighted by atomic mass is 9.90. The molecule has 1 heterocycles. The maximum atomic E-state index is 13.1. The molecule has 1 unspecified atom stereocenters. The van der Waals surface area contributed by atoms with Crippen molar-refractivity contribution in [2.24, 2.45) is 0 Å². The lowest BCUT2D eigenvalue weighted by Gasteiger charge is -2.23. The third kappa shape index (κ3) is 2.64. The summed E-state index contributed by atoms with van der Waals surface area (Å²) in [6, 6.07) is 21.4. The van der Waals surface area contributed by atoms with E-state index in [9.17, 15) is 9.59 Å². The van der Waals surface area contributed by atoms with Gasteiger partial charge in [-0.25, -0.2) is 4.79 Å². The van der Waals surface area contributed by atoms with E-state index in [0.29, 0.717) is 0 Å². The normalized spacial score (nSPS) is 19.8. The Morgan fingerprint density at radius 3 is 2.46 bits per heavy atom. The van der Waals surface area contributed by atoms with Gasteiger partial charge in [0.25, 0.3) is 5.91 Å². The van der Waals surface area contributed by atoms with Gasteiger partial charge in [-0.1, -0.05) is 66.2 Å². The van der Waals surface area contributed by atoms with Crippen molar-refractivity contribution in [3.05, 3.63) is 83.4 Å². The van der Waals surface area contributed by atoms with Crippen LogP contribution in [0, 0.1) is 6.92 Å². The summed E-state index contributed by atoms with van der Waals surface area (Å²) in [4.78, 5) is 26.9. The monoisotopic (exact) mass is 344 g/mol. The number of nitrogens with one attached hydrogen (secondary N) is 1. The molecule has 1 saturated heterocycles. The fourth-order valence-corrected chi connectivity index (χ4v) is 3.53. The van der Waals surface area contributed by atoms with Crippen LogP contribution in [-0.4, -0.2) is 16.8 Å². The SMILES string of the molecule is Cc1cccc(CN2C(=O)NC(C)(c3ccc4ccccc4c3)C2=O)c1. The molecule has 1 aliphatic rings. The van der Waals surface area contributed by atoms with Crippen molar-refractivity contribution in [3.63, 3.8) is 0 Å². The summed E-state index contributed by atoms with van der Waals surface area (Å²) >= 11 is 0. The van der Waals surface area contributed by atoms with Gasteiger partial charge in [-0.05, 0) is 41.8 Å². The molecular formula is C22H20N2O2. The molecule has 130 valence electrons. The molecule has 1 atom stereocenters. The number of nitrogens with zero attached hydrogens (tertiary/aromatic N) is 1. The first-order valence-electron chi connectivity index (χ1n) is 8.66. The van der Waals surface area contributed by atoms with Gasteiger partial charge in [0.1, 0.15) is 5.54 Å². The summed E-state index contributed by atoms with van der Waals surface area (Å²) in [7, 11) is 0. The maximum absolute atomic E-state index is 13.1. The molecule has 0 aromatic heterocycles. The number of amides is 3. The van der Waals surface area contributed by atoms with Gasteiger partial charge in [0, 0.05) is 0 Å². The Bertz CT molecular complexity index is 1030. The highest BCUT2D eigenvalue weighted by atomic mass is 16.2. The zero-order valence-electron chi connectivity index (χ0n) is 14.8. The van der Waals surface area contributed by atoms with E-state index in [-0.39, 0.29) is 18.5 Å². The molecule has 0 radical (unpaired) electrons. The van der Waals surface area contributed by atoms with E-state index in [1.165, 1.54) is 4.90 Å². The highest BCUT2D eigenvalue weighted by molar-refractivity contribution is 6.07. The summed E-state index contributed by atoms with van der Waals surface area (Å²) in [5, 5.41) is 5.03. The van der Waals surface area contributed by atoms with E-state index < -0.39 is 5.54 Å². The molecule has 3 aromatic carbocycles. The summed E-state index contributed by atoms with van der Waals surface area (Å²) < 4.78 is 0. The molecule has 0 aliphatic carbocycles. The minimum atomic E-state index is -1.05. The van der Waals surface area contributed by atoms with Gasteiger partial charge in [0.2, 0.25) is 0 Å². The van der Waals surface area contributed by atoms with Gasteiger partial charge in [-0.3, -0.25) is 9.69 Å². The number of carbonyl (C=O) groups excluding carboxylic acids is 2. The van der Waals surface area contributed by atoms with Crippen molar-refractivity contribution in [2.45, 2.75) is 25.9 Å². The zero-order chi connectivity index (χ0) is 18.3. The van der Waals surface area contributed by atoms with Crippen LogP contribution >= 0.6 is 0 Å². The standard InChI is InChI=1S/C22H20N2O2/c1-15-6-5-7-16(12-15)14-24-20(25)22(2,23-21(24)26)19-11-10-17-8-3-4-9-18(17)13-19/h3-13H,14H2,1-2H3,(H,23,26). The lowest BCUT2D eigenvalue weighted by Crippen LogP contribution is -2.40. The van der Waals surface area contributed by atoms with Crippen molar-refractivity contribution in [1.29, 1.82) is 0 Å². The van der Waals surface area contributed by atoms with Crippen LogP contribution < -0.4 is 5.32 Å². The summed E-state index contributed by atoms with van der Waals surface area (Å²) in [5.41, 5.74) is 1.79. The van der Waals surface area contributed by atoms with Crippen molar-refractivity contribution in [3.8, 4) is 0 Å². The molecule has 4 nitrogen and oxygen atoms in total. The van der Waals surface area contributed by atoms with Crippen LogP contribution in [0.25, 0.3) is 10.8 Å². The van der Waals surface area contributed by atoms with Crippen LogP contribution in [0.5, 0.6) is 0 Å². The van der Waals surface area contributed by atoms with Crippen molar-refractivity contribution >= 4 is 22.7 Å². The van der Waals surface area contributed by atoms with Crippen molar-refractivity contribution in [1.82, 2.24) is 10.2 Å². The first-order valence-corrected chi connectivity index (χ1v) is 8.66. The molecule has 3 aromatic rings. The predicted molar refractivity (Wildman–Crippen MR) is 102 cm³/mol. The highest BCUT2D eigenvalue weighted by Crippen LogP contribution is 2.31. The van der Waals surface area contributed by atoms with Crippen LogP contribution in [0.15, 0.2) is 66.7 Å². The molecular weight excluding hydrogens is 324 g/mol. The first-order chi connectivity index (χ1) is 12.5. The second-order valence-corrected chi connectivity index (χ2v) is 7.00. The van der Waals surface area contributed by atoms with E-state index in [1.807, 2.05) is 73.7 Å². The number of imide groups is 1. The Hall–Kier alpha value is -3.14. The van der Waals surface area contributed by atoms with E-state index in [4.69, 9.17) is 0 Å². The van der Waals surface area contributed by atoms with Crippen LogP contribution in [0.2, 0.25) is 0 Å². The Morgan fingerprint density at radius 2 is 1.69 bits per heavy atom. The second-order valence-electron chi connectivity index (χ2n) is 7.00. The lowest BCUT2D eigenvalue weighted by molar-refractivity contribution is -0.131. The Balaban J connectivity index is 1.68. The number of aryl methyl sites for hydroxylation is 1. The largest absolute Gasteiger partial charge is 0.325 e. The number of carbonyl (C=O) groups is 2. The Labute approximate surface area is 152 Å². The van der Waals surface area contributed by atoms with Gasteiger partial charge in [-0.15, -0.1) is 0 Å². The molecule has 0 bridgehead atoms. The summed E-state index contributed by atoms with van der Waals surface area (Å²) in [5.74, 6) is -0.223. The molecule has 26 heavy (non-hydrogen) atoms. The highest BCUT2D eigenvalue weighted by Gasteiger charge is 2.48. The molecule has 0 saturated carbocycles. The molecule has 3 amide bonds. The number of fused-ring (bicyclic) bond motifs is 1. The smallest absolute Gasteiger partial charge is 0.319 e. The summed E-state index contributed by atoms with van der Waals surface area (Å²) in [6.07, 6.45) is 0. The average molecular weight is 344 g/mol. The third-order valence-corrected chi connectivity index (χ3v) is 5.02. The zero-order valence-corrected chi connectivity index (χ0v) is 14.8. The van der Waals surface area contributed by atoms with Crippen molar-refractivity contribution < 1.29 is 9.59 Å². The minimum absolute atomic E-state index is 0.223. The van der Waals surface area contributed by atoms with Gasteiger partial charge in [0.05, 0.1) is 6.54 Å². The average Bonchev–Trinajstić information content (AvgIpc) is 2.85. The topological polar surface area (TPSA) is 49.4 Å². The molecule has 1 fully saturated rings. The van der Waals surface area contributed by atoms with Crippen LogP contribution in [-0.2, 0) is 16.9 Å². The van der Waals surface area contributed by atoms with Gasteiger partial charge >= 0.3 is 6.03 Å². The second kappa shape index (κ2) is 5.99. The first kappa shape index (κ1) is 16.3. The number of hydrogen-bond donors (Lipinski definition) is 1. The number of benzene rings is 3. The Kier molecular flexibility index (Phi) is 3.76. The number of rotatable bonds is 3. The van der Waals surface area contributed by atoms with E-state index in [0.717, 1.165) is 27.5 Å². The van der Waals surface area contributed by atoms with E-state index >= 15 is 0 Å². The van der Waals surface area contributed by atoms with Gasteiger partial charge < -0.3 is 5.32 Å². The van der Waals surface area contributed by atoms with E-state index in [2.05, 4.69) is 5.32 Å². The molecule has 1 aliphatic heterocycles. The van der Waals surface area contributed by atoms with Crippen LogP contribution in [0.3, 0.4) is 0 Å². The van der Waals surface area contributed by atoms with Crippen LogP contribution in [0.4, 0.5) is 4.79 Å². The minimum Gasteiger partial charge on any atom is -0.319 e. The quantitative estimate of drug-likeness (QED) is 0.727. The molecule has 4 rings (SSSR count). The fourth-order valence-electron chi connectivity index (χ4n) is 3.53. The third-order valence-electron chi connectivity index (χ3n) is 5.02. The Morgan fingerprint density at radius 1 is 0.923 bits per heavy atom. The molecule has 1 N–H and O–H groups in total. The predicted octanol–water partition coefficient (Wildman–Crippen LogP) is 4.12. The summed E-state index contributed by atoms with van der Waals surface area (Å²) in [6.45, 7) is 4.04. The maximum Gasteiger partial charge on any atom is 0.325 e. The van der Waals surface area contributed by atoms with Gasteiger partial charge in [-0.2, -0.15) is 0 Å². The molecule has 0 spiro atoms. The van der Waals surface area contributed by atoms with Crippen molar-refractivity contribution in [2.75, 3.05) is 0 Å². The van der Waals surface area contributed by atoms with E-state index in [1.54, 1.807) is 6.92 Å². The number of urea groups is 1. The fraction of sp³-hybridized carbons (Fsp3) is 0.182. The molecule has 4 heteroatoms. The number of hydrogen-bond acceptors (Lipinski definition) is 2.